The van der Waals surface area contributed by atoms with E-state index >= 15 is 0 Å². The fraction of sp³-hybridized carbons (Fsp3) is 0.200. The van der Waals surface area contributed by atoms with Crippen molar-refractivity contribution in [3.63, 3.8) is 0 Å². The number of anilines is 2. The number of likely N-dealkylation sites (N-methyl/N-ethyl adjacent to an activating group) is 1. The van der Waals surface area contributed by atoms with Crippen molar-refractivity contribution in [3.8, 4) is 0 Å². The van der Waals surface area contributed by atoms with Gasteiger partial charge in [-0.25, -0.2) is 0 Å². The predicted molar refractivity (Wildman–Crippen MR) is 82.0 cm³/mol. The van der Waals surface area contributed by atoms with E-state index in [0.29, 0.717) is 11.4 Å². The molecule has 102 valence electrons. The molecule has 0 radical (unpaired) electrons. The molecular formula is C15H15N3OS. The van der Waals surface area contributed by atoms with E-state index in [1.54, 1.807) is 42.2 Å². The van der Waals surface area contributed by atoms with Crippen LogP contribution >= 0.6 is 11.8 Å². The summed E-state index contributed by atoms with van der Waals surface area (Å²) in [6, 6.07) is 9.84. The van der Waals surface area contributed by atoms with Gasteiger partial charge in [0.2, 0.25) is 5.91 Å². The van der Waals surface area contributed by atoms with Crippen LogP contribution in [0, 0.1) is 0 Å². The largest absolute Gasteiger partial charge is 0.396 e. The van der Waals surface area contributed by atoms with Crippen molar-refractivity contribution < 1.29 is 4.79 Å². The Morgan fingerprint density at radius 3 is 3.00 bits per heavy atom. The molecule has 1 aromatic heterocycles. The first-order chi connectivity index (χ1) is 9.68. The maximum Gasteiger partial charge on any atom is 0.235 e. The quantitative estimate of drug-likeness (QED) is 0.921. The molecule has 0 bridgehead atoms. The number of aromatic nitrogens is 1. The molecule has 5 heteroatoms. The van der Waals surface area contributed by atoms with Crippen LogP contribution < -0.4 is 10.6 Å². The van der Waals surface area contributed by atoms with Gasteiger partial charge in [-0.3, -0.25) is 9.78 Å². The molecule has 1 aliphatic heterocycles. The SMILES string of the molecule is CN(C(=O)C1CSc2ccccc21)c1ccncc1N. The summed E-state index contributed by atoms with van der Waals surface area (Å²) in [6.07, 6.45) is 3.21. The number of fused-ring (bicyclic) bond motifs is 1. The number of rotatable bonds is 2. The van der Waals surface area contributed by atoms with E-state index in [-0.39, 0.29) is 11.8 Å². The summed E-state index contributed by atoms with van der Waals surface area (Å²) >= 11 is 1.73. The van der Waals surface area contributed by atoms with Crippen molar-refractivity contribution in [1.82, 2.24) is 4.98 Å². The third-order valence-electron chi connectivity index (χ3n) is 3.52. The molecule has 1 aromatic carbocycles. The maximum atomic E-state index is 12.7. The molecule has 1 atom stereocenters. The number of hydrogen-bond donors (Lipinski definition) is 1. The maximum absolute atomic E-state index is 12.7. The first kappa shape index (κ1) is 13.0. The van der Waals surface area contributed by atoms with Crippen LogP contribution in [0.3, 0.4) is 0 Å². The standard InChI is InChI=1S/C15H15N3OS/c1-18(13-6-7-17-8-12(13)16)15(19)11-9-20-14-5-3-2-4-10(11)14/h2-8,11H,9,16H2,1H3. The highest BCUT2D eigenvalue weighted by atomic mass is 32.2. The Hall–Kier alpha value is -2.01. The molecule has 1 unspecified atom stereocenters. The lowest BCUT2D eigenvalue weighted by atomic mass is 10.00. The number of nitrogens with zero attached hydrogens (tertiary/aromatic N) is 2. The van der Waals surface area contributed by atoms with Gasteiger partial charge in [0, 0.05) is 23.9 Å². The summed E-state index contributed by atoms with van der Waals surface area (Å²) in [5.41, 5.74) is 8.23. The Bertz CT molecular complexity index is 659. The van der Waals surface area contributed by atoms with Crippen molar-refractivity contribution in [2.75, 3.05) is 23.4 Å². The molecule has 1 aliphatic rings. The third kappa shape index (κ3) is 2.14. The highest BCUT2D eigenvalue weighted by Gasteiger charge is 2.31. The Labute approximate surface area is 122 Å². The molecule has 0 saturated carbocycles. The first-order valence-electron chi connectivity index (χ1n) is 6.37. The van der Waals surface area contributed by atoms with Gasteiger partial charge in [-0.2, -0.15) is 0 Å². The summed E-state index contributed by atoms with van der Waals surface area (Å²) in [5.74, 6) is 0.752. The van der Waals surface area contributed by atoms with Crippen molar-refractivity contribution in [2.24, 2.45) is 0 Å². The van der Waals surface area contributed by atoms with Gasteiger partial charge >= 0.3 is 0 Å². The Morgan fingerprint density at radius 1 is 1.40 bits per heavy atom. The number of carbonyl (C=O) groups is 1. The van der Waals surface area contributed by atoms with E-state index in [0.717, 1.165) is 11.3 Å². The van der Waals surface area contributed by atoms with Crippen LogP contribution in [-0.4, -0.2) is 23.7 Å². The van der Waals surface area contributed by atoms with E-state index in [2.05, 4.69) is 11.1 Å². The Balaban J connectivity index is 1.89. The van der Waals surface area contributed by atoms with Gasteiger partial charge in [0.05, 0.1) is 23.5 Å². The lowest BCUT2D eigenvalue weighted by Crippen LogP contribution is -2.32. The van der Waals surface area contributed by atoms with E-state index in [9.17, 15) is 4.79 Å². The lowest BCUT2D eigenvalue weighted by molar-refractivity contribution is -0.119. The third-order valence-corrected chi connectivity index (χ3v) is 4.70. The molecule has 4 nitrogen and oxygen atoms in total. The smallest absolute Gasteiger partial charge is 0.235 e. The lowest BCUT2D eigenvalue weighted by Gasteiger charge is -2.22. The van der Waals surface area contributed by atoms with Crippen LogP contribution in [0.25, 0.3) is 0 Å². The van der Waals surface area contributed by atoms with Gasteiger partial charge in [-0.1, -0.05) is 18.2 Å². The number of nitrogens with two attached hydrogens (primary N) is 1. The minimum Gasteiger partial charge on any atom is -0.396 e. The average molecular weight is 285 g/mol. The molecular weight excluding hydrogens is 270 g/mol. The number of thioether (sulfide) groups is 1. The molecule has 2 N–H and O–H groups in total. The second-order valence-corrected chi connectivity index (χ2v) is 5.79. The van der Waals surface area contributed by atoms with Gasteiger partial charge in [0.25, 0.3) is 0 Å². The fourth-order valence-corrected chi connectivity index (χ4v) is 3.64. The van der Waals surface area contributed by atoms with E-state index in [4.69, 9.17) is 5.73 Å². The zero-order valence-electron chi connectivity index (χ0n) is 11.1. The molecule has 0 spiro atoms. The summed E-state index contributed by atoms with van der Waals surface area (Å²) in [7, 11) is 1.76. The zero-order chi connectivity index (χ0) is 14.1. The van der Waals surface area contributed by atoms with Crippen LogP contribution in [0.1, 0.15) is 11.5 Å². The molecule has 3 rings (SSSR count). The minimum atomic E-state index is -0.103. The van der Waals surface area contributed by atoms with Crippen LogP contribution in [0.5, 0.6) is 0 Å². The monoisotopic (exact) mass is 285 g/mol. The summed E-state index contributed by atoms with van der Waals surface area (Å²) < 4.78 is 0. The van der Waals surface area contributed by atoms with Gasteiger partial charge in [-0.05, 0) is 17.7 Å². The molecule has 0 aliphatic carbocycles. The van der Waals surface area contributed by atoms with Crippen molar-refractivity contribution in [3.05, 3.63) is 48.3 Å². The van der Waals surface area contributed by atoms with E-state index in [1.807, 2.05) is 18.2 Å². The number of pyridine rings is 1. The van der Waals surface area contributed by atoms with E-state index < -0.39 is 0 Å². The molecule has 1 amide bonds. The van der Waals surface area contributed by atoms with Gasteiger partial charge in [0.15, 0.2) is 0 Å². The highest BCUT2D eigenvalue weighted by Crippen LogP contribution is 2.40. The van der Waals surface area contributed by atoms with E-state index in [1.165, 1.54) is 4.90 Å². The number of amides is 1. The van der Waals surface area contributed by atoms with Crippen LogP contribution in [-0.2, 0) is 4.79 Å². The van der Waals surface area contributed by atoms with Gasteiger partial charge in [0.1, 0.15) is 0 Å². The Kier molecular flexibility index (Phi) is 3.36. The second kappa shape index (κ2) is 5.17. The predicted octanol–water partition coefficient (Wildman–Crippen LogP) is 2.52. The normalized spacial score (nSPS) is 16.8. The molecule has 0 saturated heterocycles. The molecule has 2 aromatic rings. The van der Waals surface area contributed by atoms with Gasteiger partial charge < -0.3 is 10.6 Å². The average Bonchev–Trinajstić information content (AvgIpc) is 2.90. The van der Waals surface area contributed by atoms with Crippen molar-refractivity contribution in [1.29, 1.82) is 0 Å². The highest BCUT2D eigenvalue weighted by molar-refractivity contribution is 7.99. The minimum absolute atomic E-state index is 0.0698. The molecule has 0 fully saturated rings. The topological polar surface area (TPSA) is 59.2 Å². The summed E-state index contributed by atoms with van der Waals surface area (Å²) in [4.78, 5) is 19.5. The second-order valence-electron chi connectivity index (χ2n) is 4.73. The van der Waals surface area contributed by atoms with Crippen molar-refractivity contribution >= 4 is 29.0 Å². The van der Waals surface area contributed by atoms with Crippen LogP contribution in [0.2, 0.25) is 0 Å². The number of nitrogen functional groups attached to an aromatic ring is 1. The van der Waals surface area contributed by atoms with Crippen molar-refractivity contribution in [2.45, 2.75) is 10.8 Å². The molecule has 20 heavy (non-hydrogen) atoms. The number of carbonyl (C=O) groups excluding carboxylic acids is 1. The zero-order valence-corrected chi connectivity index (χ0v) is 11.9. The van der Waals surface area contributed by atoms with Crippen LogP contribution in [0.4, 0.5) is 11.4 Å². The van der Waals surface area contributed by atoms with Crippen LogP contribution in [0.15, 0.2) is 47.6 Å². The number of benzene rings is 1. The number of hydrogen-bond acceptors (Lipinski definition) is 4. The summed E-state index contributed by atoms with van der Waals surface area (Å²) in [5, 5.41) is 0. The fourth-order valence-electron chi connectivity index (χ4n) is 2.42. The Morgan fingerprint density at radius 2 is 2.20 bits per heavy atom. The van der Waals surface area contributed by atoms with Gasteiger partial charge in [-0.15, -0.1) is 11.8 Å². The summed E-state index contributed by atoms with van der Waals surface area (Å²) in [6.45, 7) is 0. The molecule has 2 heterocycles. The first-order valence-corrected chi connectivity index (χ1v) is 7.36.